The van der Waals surface area contributed by atoms with E-state index in [0.29, 0.717) is 24.5 Å². The second kappa shape index (κ2) is 6.80. The summed E-state index contributed by atoms with van der Waals surface area (Å²) in [5.41, 5.74) is 0.657. The third kappa shape index (κ3) is 3.39. The smallest absolute Gasteiger partial charge is 0.322 e. The van der Waals surface area contributed by atoms with Gasteiger partial charge in [0, 0.05) is 13.1 Å². The minimum atomic E-state index is -0.887. The topological polar surface area (TPSA) is 108 Å². The van der Waals surface area contributed by atoms with Crippen molar-refractivity contribution < 1.29 is 23.9 Å². The van der Waals surface area contributed by atoms with Crippen LogP contribution >= 0.6 is 0 Å². The zero-order valence-corrected chi connectivity index (χ0v) is 13.7. The molecule has 2 N–H and O–H groups in total. The van der Waals surface area contributed by atoms with Gasteiger partial charge in [-0.3, -0.25) is 19.7 Å². The molecule has 9 heteroatoms. The van der Waals surface area contributed by atoms with Crippen molar-refractivity contribution in [3.63, 3.8) is 0 Å². The zero-order valence-electron chi connectivity index (χ0n) is 13.7. The van der Waals surface area contributed by atoms with Crippen molar-refractivity contribution in [3.8, 4) is 5.75 Å². The summed E-state index contributed by atoms with van der Waals surface area (Å²) < 4.78 is 5.27. The summed E-state index contributed by atoms with van der Waals surface area (Å²) in [6.07, 6.45) is -0.167. The molecule has 0 aromatic heterocycles. The average molecular weight is 346 g/mol. The van der Waals surface area contributed by atoms with E-state index in [2.05, 4.69) is 10.6 Å². The number of carbonyl (C=O) groups is 4. The molecule has 1 aromatic rings. The second-order valence-electron chi connectivity index (χ2n) is 5.75. The van der Waals surface area contributed by atoms with E-state index in [9.17, 15) is 19.2 Å². The number of hydrogen-bond donors (Lipinski definition) is 2. The number of anilines is 1. The summed E-state index contributed by atoms with van der Waals surface area (Å²) in [7, 11) is 1.53. The molecule has 0 spiro atoms. The van der Waals surface area contributed by atoms with Gasteiger partial charge in [0.15, 0.2) is 0 Å². The maximum Gasteiger partial charge on any atom is 0.322 e. The Morgan fingerprint density at radius 2 is 2.00 bits per heavy atom. The molecule has 1 atom stereocenters. The quantitative estimate of drug-likeness (QED) is 0.713. The number of nitrogens with one attached hydrogen (secondary N) is 2. The molecular formula is C16H18N4O5. The Bertz CT molecular complexity index is 735. The van der Waals surface area contributed by atoms with Gasteiger partial charge >= 0.3 is 6.03 Å². The first kappa shape index (κ1) is 16.7. The standard InChI is InChI=1S/C16H18N4O5/c1-25-12-5-3-2-4-11(12)20-7-6-19(9-14(20)22)13(21)8-10-15(23)18-16(24)17-10/h2-5,10H,6-9H2,1H3,(H2,17,18,23,24). The highest BCUT2D eigenvalue weighted by Crippen LogP contribution is 2.28. The van der Waals surface area contributed by atoms with Gasteiger partial charge in [0.1, 0.15) is 18.3 Å². The van der Waals surface area contributed by atoms with Crippen LogP contribution < -0.4 is 20.3 Å². The summed E-state index contributed by atoms with van der Waals surface area (Å²) in [5, 5.41) is 4.45. The van der Waals surface area contributed by atoms with Crippen molar-refractivity contribution in [2.75, 3.05) is 31.6 Å². The third-order valence-corrected chi connectivity index (χ3v) is 4.19. The van der Waals surface area contributed by atoms with Crippen LogP contribution in [0, 0.1) is 0 Å². The molecule has 5 amide bonds. The number of rotatable bonds is 4. The summed E-state index contributed by atoms with van der Waals surface area (Å²) in [6, 6.07) is 5.67. The number of ether oxygens (including phenoxy) is 1. The predicted octanol–water partition coefficient (Wildman–Crippen LogP) is -0.531. The number of benzene rings is 1. The van der Waals surface area contributed by atoms with Crippen LogP contribution in [0.15, 0.2) is 24.3 Å². The highest BCUT2D eigenvalue weighted by atomic mass is 16.5. The highest BCUT2D eigenvalue weighted by Gasteiger charge is 2.35. The van der Waals surface area contributed by atoms with E-state index in [0.717, 1.165) is 0 Å². The highest BCUT2D eigenvalue weighted by molar-refractivity contribution is 6.06. The summed E-state index contributed by atoms with van der Waals surface area (Å²) in [5.74, 6) is -0.530. The lowest BCUT2D eigenvalue weighted by molar-refractivity contribution is -0.138. The number of amides is 5. The largest absolute Gasteiger partial charge is 0.495 e. The molecule has 9 nitrogen and oxygen atoms in total. The van der Waals surface area contributed by atoms with Crippen LogP contribution in [0.2, 0.25) is 0 Å². The molecular weight excluding hydrogens is 328 g/mol. The molecule has 2 aliphatic rings. The lowest BCUT2D eigenvalue weighted by atomic mass is 10.1. The Balaban J connectivity index is 1.63. The van der Waals surface area contributed by atoms with Crippen LogP contribution in [0.4, 0.5) is 10.5 Å². The van der Waals surface area contributed by atoms with E-state index in [-0.39, 0.29) is 24.8 Å². The van der Waals surface area contributed by atoms with Crippen molar-refractivity contribution in [1.29, 1.82) is 0 Å². The lowest BCUT2D eigenvalue weighted by Crippen LogP contribution is -2.53. The van der Waals surface area contributed by atoms with Gasteiger partial charge < -0.3 is 19.9 Å². The van der Waals surface area contributed by atoms with E-state index in [4.69, 9.17) is 4.74 Å². The molecule has 0 saturated carbocycles. The number of hydrogen-bond acceptors (Lipinski definition) is 5. The molecule has 25 heavy (non-hydrogen) atoms. The van der Waals surface area contributed by atoms with E-state index in [1.165, 1.54) is 12.0 Å². The molecule has 2 saturated heterocycles. The molecule has 2 heterocycles. The van der Waals surface area contributed by atoms with E-state index >= 15 is 0 Å². The van der Waals surface area contributed by atoms with Gasteiger partial charge in [-0.2, -0.15) is 0 Å². The molecule has 1 unspecified atom stereocenters. The molecule has 0 radical (unpaired) electrons. The van der Waals surface area contributed by atoms with Gasteiger partial charge in [-0.15, -0.1) is 0 Å². The van der Waals surface area contributed by atoms with E-state index in [1.54, 1.807) is 17.0 Å². The van der Waals surface area contributed by atoms with Crippen LogP contribution in [0.3, 0.4) is 0 Å². The molecule has 132 valence electrons. The lowest BCUT2D eigenvalue weighted by Gasteiger charge is -2.35. The van der Waals surface area contributed by atoms with Gasteiger partial charge in [0.2, 0.25) is 11.8 Å². The van der Waals surface area contributed by atoms with Gasteiger partial charge in [0.05, 0.1) is 19.2 Å². The minimum absolute atomic E-state index is 0.0842. The fourth-order valence-electron chi connectivity index (χ4n) is 2.90. The number of methoxy groups -OCH3 is 1. The number of piperazine rings is 1. The number of imide groups is 1. The minimum Gasteiger partial charge on any atom is -0.495 e. The Morgan fingerprint density at radius 3 is 2.64 bits per heavy atom. The van der Waals surface area contributed by atoms with Crippen molar-refractivity contribution in [2.24, 2.45) is 0 Å². The Kier molecular flexibility index (Phi) is 4.55. The van der Waals surface area contributed by atoms with Gasteiger partial charge in [0.25, 0.3) is 5.91 Å². The van der Waals surface area contributed by atoms with Crippen LogP contribution in [-0.2, 0) is 14.4 Å². The van der Waals surface area contributed by atoms with Gasteiger partial charge in [-0.25, -0.2) is 4.79 Å². The first-order valence-corrected chi connectivity index (χ1v) is 7.82. The fourth-order valence-corrected chi connectivity index (χ4v) is 2.90. The Morgan fingerprint density at radius 1 is 1.24 bits per heavy atom. The Labute approximate surface area is 143 Å². The maximum atomic E-state index is 12.5. The SMILES string of the molecule is COc1ccccc1N1CCN(C(=O)CC2NC(=O)NC2=O)CC1=O. The molecule has 1 aromatic carbocycles. The molecule has 0 bridgehead atoms. The van der Waals surface area contributed by atoms with Crippen LogP contribution in [0.25, 0.3) is 0 Å². The van der Waals surface area contributed by atoms with Crippen molar-refractivity contribution in [2.45, 2.75) is 12.5 Å². The second-order valence-corrected chi connectivity index (χ2v) is 5.75. The number of carbonyl (C=O) groups excluding carboxylic acids is 4. The first-order chi connectivity index (χ1) is 12.0. The average Bonchev–Trinajstić information content (AvgIpc) is 2.92. The van der Waals surface area contributed by atoms with E-state index in [1.807, 2.05) is 12.1 Å². The van der Waals surface area contributed by atoms with Crippen LogP contribution in [0.5, 0.6) is 5.75 Å². The van der Waals surface area contributed by atoms with Crippen molar-refractivity contribution in [3.05, 3.63) is 24.3 Å². The summed E-state index contributed by atoms with van der Waals surface area (Å²) in [6.45, 7) is 0.582. The predicted molar refractivity (Wildman–Crippen MR) is 87.0 cm³/mol. The zero-order chi connectivity index (χ0) is 18.0. The third-order valence-electron chi connectivity index (χ3n) is 4.19. The van der Waals surface area contributed by atoms with E-state index < -0.39 is 18.0 Å². The molecule has 0 aliphatic carbocycles. The van der Waals surface area contributed by atoms with Gasteiger partial charge in [-0.1, -0.05) is 12.1 Å². The van der Waals surface area contributed by atoms with Crippen LogP contribution in [0.1, 0.15) is 6.42 Å². The molecule has 3 rings (SSSR count). The van der Waals surface area contributed by atoms with Crippen molar-refractivity contribution in [1.82, 2.24) is 15.5 Å². The van der Waals surface area contributed by atoms with Crippen molar-refractivity contribution >= 4 is 29.4 Å². The van der Waals surface area contributed by atoms with Gasteiger partial charge in [-0.05, 0) is 12.1 Å². The monoisotopic (exact) mass is 346 g/mol. The number of nitrogens with zero attached hydrogens (tertiary/aromatic N) is 2. The maximum absolute atomic E-state index is 12.5. The number of para-hydroxylation sites is 2. The molecule has 2 fully saturated rings. The Hall–Kier alpha value is -3.10. The summed E-state index contributed by atoms with van der Waals surface area (Å²) in [4.78, 5) is 50.4. The number of urea groups is 1. The first-order valence-electron chi connectivity index (χ1n) is 7.82. The van der Waals surface area contributed by atoms with Crippen LogP contribution in [-0.4, -0.2) is 61.4 Å². The fraction of sp³-hybridized carbons (Fsp3) is 0.375. The normalized spacial score (nSPS) is 20.4. The molecule has 2 aliphatic heterocycles. The summed E-state index contributed by atoms with van der Waals surface area (Å²) >= 11 is 0.